The molecule has 4 atom stereocenters. The summed E-state index contributed by atoms with van der Waals surface area (Å²) in [7, 11) is 0. The third kappa shape index (κ3) is 4.79. The van der Waals surface area contributed by atoms with Crippen LogP contribution in [0.4, 0.5) is 5.82 Å². The maximum atomic E-state index is 10.6. The SMILES string of the molecule is CSC[C@H]1O[C@@H](n2cnc3c(NCCCCCC(=O)O)ncnc32)[C@@H]2OC(C)(C)O[C@@H]21. The first-order valence-electron chi connectivity index (χ1n) is 10.5. The Morgan fingerprint density at radius 2 is 2.03 bits per heavy atom. The molecule has 0 amide bonds. The number of ether oxygens (including phenoxy) is 3. The van der Waals surface area contributed by atoms with Gasteiger partial charge in [0.25, 0.3) is 0 Å². The normalized spacial score (nSPS) is 26.9. The quantitative estimate of drug-likeness (QED) is 0.522. The summed E-state index contributed by atoms with van der Waals surface area (Å²) in [6.45, 7) is 4.53. The van der Waals surface area contributed by atoms with Gasteiger partial charge in [-0.1, -0.05) is 6.42 Å². The van der Waals surface area contributed by atoms with Crippen LogP contribution in [0.5, 0.6) is 0 Å². The Labute approximate surface area is 185 Å². The Bertz CT molecular complexity index is 922. The third-order valence-electron chi connectivity index (χ3n) is 5.45. The highest BCUT2D eigenvalue weighted by Gasteiger charge is 2.55. The molecule has 2 aromatic heterocycles. The standard InChI is InChI=1S/C20H29N5O5S/c1-20(2)29-15-12(9-31-3)28-19(16(15)30-20)25-11-24-14-17(22-10-23-18(14)25)21-8-6-4-5-7-13(26)27/h10-12,15-16,19H,4-9H2,1-3H3,(H,26,27)(H,21,22,23)/t12-,15-,16-,19-/m1/s1. The second-order valence-electron chi connectivity index (χ2n) is 8.26. The number of rotatable bonds is 10. The number of nitrogens with zero attached hydrogens (tertiary/aromatic N) is 4. The van der Waals surface area contributed by atoms with Crippen LogP contribution in [0.1, 0.15) is 45.8 Å². The highest BCUT2D eigenvalue weighted by molar-refractivity contribution is 7.98. The number of nitrogens with one attached hydrogen (secondary N) is 1. The van der Waals surface area contributed by atoms with Gasteiger partial charge in [0.05, 0.1) is 12.4 Å². The first-order chi connectivity index (χ1) is 14.9. The van der Waals surface area contributed by atoms with Crippen LogP contribution in [0.3, 0.4) is 0 Å². The predicted octanol–water partition coefficient (Wildman–Crippen LogP) is 2.66. The summed E-state index contributed by atoms with van der Waals surface area (Å²) < 4.78 is 20.5. The van der Waals surface area contributed by atoms with Crippen molar-refractivity contribution in [3.05, 3.63) is 12.7 Å². The van der Waals surface area contributed by atoms with Gasteiger partial charge in [-0.3, -0.25) is 9.36 Å². The van der Waals surface area contributed by atoms with Crippen molar-refractivity contribution >= 4 is 34.7 Å². The van der Waals surface area contributed by atoms with Crippen molar-refractivity contribution in [2.24, 2.45) is 0 Å². The molecule has 2 saturated heterocycles. The Morgan fingerprint density at radius 1 is 1.23 bits per heavy atom. The first kappa shape index (κ1) is 22.3. The van der Waals surface area contributed by atoms with E-state index in [2.05, 4.69) is 20.3 Å². The van der Waals surface area contributed by atoms with Crippen LogP contribution in [0.25, 0.3) is 11.2 Å². The minimum absolute atomic E-state index is 0.0746. The maximum Gasteiger partial charge on any atom is 0.303 e. The van der Waals surface area contributed by atoms with Crippen molar-refractivity contribution in [2.75, 3.05) is 23.9 Å². The van der Waals surface area contributed by atoms with Gasteiger partial charge >= 0.3 is 5.97 Å². The average Bonchev–Trinajstić information content (AvgIpc) is 3.36. The van der Waals surface area contributed by atoms with E-state index in [0.29, 0.717) is 29.9 Å². The number of hydrogen-bond donors (Lipinski definition) is 2. The third-order valence-corrected chi connectivity index (χ3v) is 6.11. The molecule has 0 aromatic carbocycles. The van der Waals surface area contributed by atoms with Gasteiger partial charge in [-0.05, 0) is 32.9 Å². The number of imidazole rings is 1. The number of carboxylic acid groups (broad SMARTS) is 1. The molecule has 0 spiro atoms. The molecular weight excluding hydrogens is 422 g/mol. The number of carbonyl (C=O) groups is 1. The van der Waals surface area contributed by atoms with Crippen LogP contribution in [-0.4, -0.2) is 73.2 Å². The predicted molar refractivity (Wildman–Crippen MR) is 116 cm³/mol. The summed E-state index contributed by atoms with van der Waals surface area (Å²) in [5.74, 6) is 0.0495. The molecule has 2 aromatic rings. The minimum atomic E-state index is -0.757. The smallest absolute Gasteiger partial charge is 0.303 e. The topological polar surface area (TPSA) is 121 Å². The molecule has 0 unspecified atom stereocenters. The fourth-order valence-electron chi connectivity index (χ4n) is 4.13. The van der Waals surface area contributed by atoms with E-state index < -0.39 is 11.8 Å². The van der Waals surface area contributed by atoms with Gasteiger partial charge in [0, 0.05) is 18.7 Å². The number of unbranched alkanes of at least 4 members (excludes halogenated alkanes) is 2. The minimum Gasteiger partial charge on any atom is -0.481 e. The second kappa shape index (κ2) is 9.27. The number of hydrogen-bond acceptors (Lipinski definition) is 9. The Morgan fingerprint density at radius 3 is 2.81 bits per heavy atom. The molecule has 2 fully saturated rings. The van der Waals surface area contributed by atoms with E-state index in [9.17, 15) is 4.79 Å². The molecule has 170 valence electrons. The second-order valence-corrected chi connectivity index (χ2v) is 9.17. The lowest BCUT2D eigenvalue weighted by atomic mass is 10.1. The fraction of sp³-hybridized carbons (Fsp3) is 0.700. The first-order valence-corrected chi connectivity index (χ1v) is 11.9. The summed E-state index contributed by atoms with van der Waals surface area (Å²) in [5.41, 5.74) is 1.34. The zero-order chi connectivity index (χ0) is 22.0. The molecule has 0 aliphatic carbocycles. The molecule has 2 aliphatic heterocycles. The van der Waals surface area contributed by atoms with Crippen molar-refractivity contribution in [3.8, 4) is 0 Å². The van der Waals surface area contributed by atoms with Crippen LogP contribution >= 0.6 is 11.8 Å². The molecule has 2 N–H and O–H groups in total. The largest absolute Gasteiger partial charge is 0.481 e. The molecule has 10 nitrogen and oxygen atoms in total. The lowest BCUT2D eigenvalue weighted by molar-refractivity contribution is -0.193. The average molecular weight is 452 g/mol. The fourth-order valence-corrected chi connectivity index (χ4v) is 4.73. The lowest BCUT2D eigenvalue weighted by Crippen LogP contribution is -2.31. The molecule has 4 heterocycles. The van der Waals surface area contributed by atoms with Crippen molar-refractivity contribution in [2.45, 2.75) is 69.9 Å². The van der Waals surface area contributed by atoms with Crippen molar-refractivity contribution < 1.29 is 24.1 Å². The van der Waals surface area contributed by atoms with E-state index in [-0.39, 0.29) is 31.0 Å². The van der Waals surface area contributed by atoms with Gasteiger partial charge in [-0.15, -0.1) is 0 Å². The van der Waals surface area contributed by atoms with Crippen LogP contribution < -0.4 is 5.32 Å². The van der Waals surface area contributed by atoms with E-state index in [4.69, 9.17) is 19.3 Å². The van der Waals surface area contributed by atoms with Gasteiger partial charge in [0.15, 0.2) is 29.0 Å². The van der Waals surface area contributed by atoms with E-state index in [0.717, 1.165) is 18.6 Å². The number of thioether (sulfide) groups is 1. The number of aromatic nitrogens is 4. The van der Waals surface area contributed by atoms with Crippen molar-refractivity contribution in [3.63, 3.8) is 0 Å². The van der Waals surface area contributed by atoms with Crippen molar-refractivity contribution in [1.29, 1.82) is 0 Å². The van der Waals surface area contributed by atoms with E-state index in [1.165, 1.54) is 6.33 Å². The van der Waals surface area contributed by atoms with Gasteiger partial charge in [-0.2, -0.15) is 11.8 Å². The molecule has 0 saturated carbocycles. The highest BCUT2D eigenvalue weighted by atomic mass is 32.2. The lowest BCUT2D eigenvalue weighted by Gasteiger charge is -2.24. The molecule has 11 heteroatoms. The van der Waals surface area contributed by atoms with E-state index in [1.54, 1.807) is 18.1 Å². The zero-order valence-electron chi connectivity index (χ0n) is 18.0. The Hall–Kier alpha value is -1.95. The molecule has 0 radical (unpaired) electrons. The van der Waals surface area contributed by atoms with Gasteiger partial charge in [-0.25, -0.2) is 15.0 Å². The van der Waals surface area contributed by atoms with E-state index in [1.807, 2.05) is 24.7 Å². The van der Waals surface area contributed by atoms with E-state index >= 15 is 0 Å². The maximum absolute atomic E-state index is 10.6. The van der Waals surface area contributed by atoms with Crippen LogP contribution in [0, 0.1) is 0 Å². The molecule has 0 bridgehead atoms. The number of anilines is 1. The Kier molecular flexibility index (Phi) is 6.65. The molecule has 2 aliphatic rings. The Balaban J connectivity index is 1.48. The highest BCUT2D eigenvalue weighted by Crippen LogP contribution is 2.44. The molecule has 4 rings (SSSR count). The van der Waals surface area contributed by atoms with Gasteiger partial charge in [0.1, 0.15) is 18.5 Å². The summed E-state index contributed by atoms with van der Waals surface area (Å²) in [5, 5.41) is 12.0. The summed E-state index contributed by atoms with van der Waals surface area (Å²) in [6.07, 6.45) is 6.99. The number of fused-ring (bicyclic) bond motifs is 2. The molecular formula is C20H29N5O5S. The zero-order valence-corrected chi connectivity index (χ0v) is 18.8. The van der Waals surface area contributed by atoms with Gasteiger partial charge < -0.3 is 24.6 Å². The summed E-state index contributed by atoms with van der Waals surface area (Å²) in [4.78, 5) is 23.9. The summed E-state index contributed by atoms with van der Waals surface area (Å²) in [6, 6.07) is 0. The number of aliphatic carboxylic acids is 1. The van der Waals surface area contributed by atoms with Crippen molar-refractivity contribution in [1.82, 2.24) is 19.5 Å². The molecule has 31 heavy (non-hydrogen) atoms. The van der Waals surface area contributed by atoms with Gasteiger partial charge in [0.2, 0.25) is 0 Å². The van der Waals surface area contributed by atoms with Crippen LogP contribution in [0.15, 0.2) is 12.7 Å². The van der Waals surface area contributed by atoms with Crippen LogP contribution in [0.2, 0.25) is 0 Å². The summed E-state index contributed by atoms with van der Waals surface area (Å²) >= 11 is 1.72. The number of carboxylic acids is 1. The monoisotopic (exact) mass is 451 g/mol. The van der Waals surface area contributed by atoms with Crippen LogP contribution in [-0.2, 0) is 19.0 Å².